The number of hydrogen-bond acceptors (Lipinski definition) is 5. The maximum absolute atomic E-state index is 13.1. The molecule has 4 aromatic carbocycles. The van der Waals surface area contributed by atoms with Crippen LogP contribution in [0.15, 0.2) is 133 Å². The van der Waals surface area contributed by atoms with Crippen molar-refractivity contribution in [1.82, 2.24) is 4.90 Å². The van der Waals surface area contributed by atoms with Crippen molar-refractivity contribution in [3.05, 3.63) is 156 Å². The van der Waals surface area contributed by atoms with Gasteiger partial charge in [0.05, 0.1) is 23.3 Å². The van der Waals surface area contributed by atoms with Gasteiger partial charge in [-0.25, -0.2) is 0 Å². The van der Waals surface area contributed by atoms with Gasteiger partial charge in [-0.3, -0.25) is 9.69 Å². The third-order valence-electron chi connectivity index (χ3n) is 7.66. The van der Waals surface area contributed by atoms with Crippen molar-refractivity contribution in [3.8, 4) is 0 Å². The molecule has 6 heteroatoms. The lowest BCUT2D eigenvalue weighted by Gasteiger charge is -2.35. The average Bonchev–Trinajstić information content (AvgIpc) is 3.42. The Balaban J connectivity index is 1.19. The second-order valence-electron chi connectivity index (χ2n) is 10.7. The summed E-state index contributed by atoms with van der Waals surface area (Å²) >= 11 is 8.99. The Morgan fingerprint density at radius 3 is 1.93 bits per heavy atom. The van der Waals surface area contributed by atoms with Gasteiger partial charge in [0.15, 0.2) is 0 Å². The van der Waals surface area contributed by atoms with Crippen LogP contribution in [0.25, 0.3) is 0 Å². The summed E-state index contributed by atoms with van der Waals surface area (Å²) in [6, 6.07) is 42.4. The molecule has 0 spiro atoms. The van der Waals surface area contributed by atoms with E-state index in [1.165, 1.54) is 22.3 Å². The summed E-state index contributed by atoms with van der Waals surface area (Å²) in [5.41, 5.74) is 4.95. The van der Waals surface area contributed by atoms with Crippen LogP contribution in [0.3, 0.4) is 0 Å². The van der Waals surface area contributed by atoms with Gasteiger partial charge in [-0.05, 0) is 47.3 Å². The SMILES string of the molecule is O=C(C[C@H](O)C=CCCCSC(c1ccccc1)(c1ccccc1)c1ccccc1)N1C(=S)SC[C@H]1Cc1ccccc1. The fourth-order valence-electron chi connectivity index (χ4n) is 5.60. The summed E-state index contributed by atoms with van der Waals surface area (Å²) < 4.78 is 0.278. The molecule has 0 aromatic heterocycles. The first-order valence-corrected chi connectivity index (χ1v) is 17.1. The quantitative estimate of drug-likeness (QED) is 0.0703. The molecule has 0 aliphatic carbocycles. The lowest BCUT2D eigenvalue weighted by atomic mass is 9.84. The normalized spacial score (nSPS) is 16.1. The van der Waals surface area contributed by atoms with Crippen LogP contribution in [-0.4, -0.2) is 43.9 Å². The molecule has 1 heterocycles. The molecule has 1 saturated heterocycles. The minimum atomic E-state index is -0.831. The van der Waals surface area contributed by atoms with Gasteiger partial charge in [-0.1, -0.05) is 157 Å². The van der Waals surface area contributed by atoms with Gasteiger partial charge < -0.3 is 5.11 Å². The number of aliphatic hydroxyl groups excluding tert-OH is 1. The third-order valence-corrected chi connectivity index (χ3v) is 10.8. The van der Waals surface area contributed by atoms with Gasteiger partial charge in [0, 0.05) is 5.75 Å². The molecule has 1 fully saturated rings. The van der Waals surface area contributed by atoms with Crippen molar-refractivity contribution < 1.29 is 9.90 Å². The van der Waals surface area contributed by atoms with Crippen LogP contribution in [-0.2, 0) is 16.0 Å². The minimum absolute atomic E-state index is 0.0275. The van der Waals surface area contributed by atoms with Gasteiger partial charge in [0.2, 0.25) is 5.91 Å². The molecule has 1 aliphatic heterocycles. The molecular formula is C37H37NO2S3. The summed E-state index contributed by atoms with van der Waals surface area (Å²) in [5.74, 6) is 1.61. The number of rotatable bonds is 13. The first-order valence-electron chi connectivity index (χ1n) is 14.8. The van der Waals surface area contributed by atoms with E-state index in [1.54, 1.807) is 22.7 Å². The zero-order valence-corrected chi connectivity index (χ0v) is 26.6. The Hall–Kier alpha value is -3.16. The number of carbonyl (C=O) groups is 1. The largest absolute Gasteiger partial charge is 0.389 e. The van der Waals surface area contributed by atoms with Crippen molar-refractivity contribution >= 4 is 46.0 Å². The molecule has 43 heavy (non-hydrogen) atoms. The van der Waals surface area contributed by atoms with E-state index in [9.17, 15) is 9.90 Å². The summed E-state index contributed by atoms with van der Waals surface area (Å²) in [4.78, 5) is 14.9. The number of allylic oxidation sites excluding steroid dienone is 1. The lowest BCUT2D eigenvalue weighted by molar-refractivity contribution is -0.129. The van der Waals surface area contributed by atoms with Crippen LogP contribution >= 0.6 is 35.7 Å². The summed E-state index contributed by atoms with van der Waals surface area (Å²) in [7, 11) is 0. The van der Waals surface area contributed by atoms with E-state index < -0.39 is 6.10 Å². The summed E-state index contributed by atoms with van der Waals surface area (Å²) in [5, 5.41) is 10.7. The number of carbonyl (C=O) groups excluding carboxylic acids is 1. The van der Waals surface area contributed by atoms with E-state index in [4.69, 9.17) is 12.2 Å². The fourth-order valence-corrected chi connectivity index (χ4v) is 8.57. The van der Waals surface area contributed by atoms with Crippen molar-refractivity contribution in [1.29, 1.82) is 0 Å². The number of nitrogens with zero attached hydrogens (tertiary/aromatic N) is 1. The Bertz CT molecular complexity index is 1380. The average molecular weight is 624 g/mol. The molecule has 1 aliphatic rings. The maximum Gasteiger partial charge on any atom is 0.231 e. The Labute approximate surface area is 269 Å². The van der Waals surface area contributed by atoms with E-state index in [0.29, 0.717) is 4.32 Å². The van der Waals surface area contributed by atoms with E-state index in [-0.39, 0.29) is 23.1 Å². The molecule has 4 aromatic rings. The highest BCUT2D eigenvalue weighted by Crippen LogP contribution is 2.48. The van der Waals surface area contributed by atoms with Crippen LogP contribution < -0.4 is 0 Å². The molecule has 0 bridgehead atoms. The fraction of sp³-hybridized carbons (Fsp3) is 0.243. The Morgan fingerprint density at radius 1 is 0.884 bits per heavy atom. The van der Waals surface area contributed by atoms with Gasteiger partial charge >= 0.3 is 0 Å². The smallest absolute Gasteiger partial charge is 0.231 e. The van der Waals surface area contributed by atoms with Gasteiger partial charge in [-0.2, -0.15) is 0 Å². The second kappa shape index (κ2) is 15.5. The predicted octanol–water partition coefficient (Wildman–Crippen LogP) is 8.27. The van der Waals surface area contributed by atoms with Gasteiger partial charge in [0.1, 0.15) is 4.32 Å². The van der Waals surface area contributed by atoms with Crippen LogP contribution in [0.5, 0.6) is 0 Å². The van der Waals surface area contributed by atoms with Crippen LogP contribution in [0.1, 0.15) is 41.5 Å². The number of amides is 1. The zero-order valence-electron chi connectivity index (χ0n) is 24.1. The molecule has 2 atom stereocenters. The van der Waals surface area contributed by atoms with E-state index in [0.717, 1.165) is 30.8 Å². The number of benzene rings is 4. The Morgan fingerprint density at radius 2 is 1.40 bits per heavy atom. The van der Waals surface area contributed by atoms with Crippen molar-refractivity contribution in [3.63, 3.8) is 0 Å². The van der Waals surface area contributed by atoms with Crippen LogP contribution in [0, 0.1) is 0 Å². The predicted molar refractivity (Wildman–Crippen MR) is 186 cm³/mol. The zero-order chi connectivity index (χ0) is 29.9. The highest BCUT2D eigenvalue weighted by atomic mass is 32.2. The highest BCUT2D eigenvalue weighted by Gasteiger charge is 2.37. The molecule has 0 radical (unpaired) electrons. The topological polar surface area (TPSA) is 40.5 Å². The molecule has 5 rings (SSSR count). The van der Waals surface area contributed by atoms with Gasteiger partial charge in [-0.15, -0.1) is 11.8 Å². The number of unbranched alkanes of at least 4 members (excludes halogenated alkanes) is 1. The van der Waals surface area contributed by atoms with Crippen LogP contribution in [0.4, 0.5) is 0 Å². The molecule has 3 nitrogen and oxygen atoms in total. The number of thioether (sulfide) groups is 2. The molecular weight excluding hydrogens is 587 g/mol. The number of aliphatic hydroxyl groups is 1. The van der Waals surface area contributed by atoms with Crippen molar-refractivity contribution in [2.45, 2.75) is 42.6 Å². The lowest BCUT2D eigenvalue weighted by Crippen LogP contribution is -2.41. The van der Waals surface area contributed by atoms with Gasteiger partial charge in [0.25, 0.3) is 0 Å². The van der Waals surface area contributed by atoms with Crippen LogP contribution in [0.2, 0.25) is 0 Å². The molecule has 220 valence electrons. The maximum atomic E-state index is 13.1. The van der Waals surface area contributed by atoms with E-state index in [1.807, 2.05) is 36.0 Å². The number of thiocarbonyl (C=S) groups is 1. The third kappa shape index (κ3) is 7.87. The van der Waals surface area contributed by atoms with E-state index in [2.05, 4.69) is 103 Å². The minimum Gasteiger partial charge on any atom is -0.389 e. The monoisotopic (exact) mass is 623 g/mol. The molecule has 1 amide bonds. The molecule has 1 N–H and O–H groups in total. The first-order chi connectivity index (χ1) is 21.1. The van der Waals surface area contributed by atoms with Crippen molar-refractivity contribution in [2.75, 3.05) is 11.5 Å². The first kappa shape index (κ1) is 31.3. The summed E-state index contributed by atoms with van der Waals surface area (Å²) in [6.07, 6.45) is 5.51. The second-order valence-corrected chi connectivity index (χ2v) is 13.6. The van der Waals surface area contributed by atoms with E-state index >= 15 is 0 Å². The highest BCUT2D eigenvalue weighted by molar-refractivity contribution is 8.23. The Kier molecular flexibility index (Phi) is 11.3. The van der Waals surface area contributed by atoms with Crippen molar-refractivity contribution in [2.24, 2.45) is 0 Å². The molecule has 0 unspecified atom stereocenters. The molecule has 0 saturated carbocycles. The standard InChI is InChI=1S/C37H37NO2S3/c39-34(27-35(40)38-33(28-42-36(38)41)26-29-16-6-1-7-17-29)24-14-5-15-25-43-37(30-18-8-2-9-19-30,31-20-10-3-11-21-31)32-22-12-4-13-23-32/h1-4,6-14,16-24,33-34,39H,5,15,25-28H2/t33-,34-/m1/s1. The summed E-state index contributed by atoms with van der Waals surface area (Å²) in [6.45, 7) is 0. The number of hydrogen-bond donors (Lipinski definition) is 1.